The fourth-order valence-corrected chi connectivity index (χ4v) is 1.98. The minimum Gasteiger partial charge on any atom is -0.325 e. The van der Waals surface area contributed by atoms with Gasteiger partial charge in [0, 0.05) is 14.0 Å². The highest BCUT2D eigenvalue weighted by Crippen LogP contribution is 2.26. The Morgan fingerprint density at radius 3 is 2.47 bits per heavy atom. The van der Waals surface area contributed by atoms with E-state index in [4.69, 9.17) is 0 Å². The normalized spacial score (nSPS) is 12.1. The first-order valence-corrected chi connectivity index (χ1v) is 5.78. The Morgan fingerprint density at radius 2 is 1.94 bits per heavy atom. The molecule has 3 nitrogen and oxygen atoms in total. The van der Waals surface area contributed by atoms with E-state index in [0.29, 0.717) is 5.82 Å². The van der Waals surface area contributed by atoms with Crippen LogP contribution in [0.4, 0.5) is 0 Å². The Bertz CT molecular complexity index is 588. The van der Waals surface area contributed by atoms with Crippen LogP contribution in [0.3, 0.4) is 0 Å². The zero-order chi connectivity index (χ0) is 12.8. The molecule has 0 aliphatic heterocycles. The number of rotatable bonds is 1. The van der Waals surface area contributed by atoms with Gasteiger partial charge in [-0.15, -0.1) is 0 Å². The van der Waals surface area contributed by atoms with Crippen LogP contribution in [0, 0.1) is 0 Å². The van der Waals surface area contributed by atoms with Crippen LogP contribution in [0.5, 0.6) is 0 Å². The summed E-state index contributed by atoms with van der Waals surface area (Å²) >= 11 is 0. The second-order valence-electron chi connectivity index (χ2n) is 5.50. The molecule has 0 amide bonds. The lowest BCUT2D eigenvalue weighted by Crippen LogP contribution is -2.10. The number of Topliss-reactive ketones (excluding diaryl/α,β-unsaturated/α-hetero) is 1. The molecule has 0 saturated heterocycles. The molecule has 0 saturated carbocycles. The monoisotopic (exact) mass is 230 g/mol. The highest BCUT2D eigenvalue weighted by molar-refractivity contribution is 5.94. The number of fused-ring (bicyclic) bond motifs is 1. The lowest BCUT2D eigenvalue weighted by molar-refractivity contribution is 0.100. The summed E-state index contributed by atoms with van der Waals surface area (Å²) in [6, 6.07) is 6.21. The third-order valence-corrected chi connectivity index (χ3v) is 3.06. The molecular formula is C14H18N2O. The fraction of sp³-hybridized carbons (Fsp3) is 0.429. The summed E-state index contributed by atoms with van der Waals surface area (Å²) in [5.41, 5.74) is 3.23. The van der Waals surface area contributed by atoms with Crippen LogP contribution < -0.4 is 0 Å². The van der Waals surface area contributed by atoms with E-state index >= 15 is 0 Å². The van der Waals surface area contributed by atoms with E-state index in [0.717, 1.165) is 11.0 Å². The summed E-state index contributed by atoms with van der Waals surface area (Å²) in [5, 5.41) is 0. The van der Waals surface area contributed by atoms with Crippen LogP contribution in [0.25, 0.3) is 11.0 Å². The average molecular weight is 230 g/mol. The zero-order valence-electron chi connectivity index (χ0n) is 11.0. The highest BCUT2D eigenvalue weighted by Gasteiger charge is 2.17. The largest absolute Gasteiger partial charge is 0.325 e. The first-order chi connectivity index (χ1) is 7.80. The Labute approximate surface area is 101 Å². The first-order valence-electron chi connectivity index (χ1n) is 5.78. The number of carbonyl (C=O) groups excluding carboxylic acids is 1. The number of ketones is 1. The number of imidazole rings is 1. The maximum Gasteiger partial charge on any atom is 0.195 e. The Morgan fingerprint density at radius 1 is 1.29 bits per heavy atom. The molecule has 1 aromatic heterocycles. The minimum absolute atomic E-state index is 0.000934. The molecule has 2 rings (SSSR count). The second-order valence-corrected chi connectivity index (χ2v) is 5.50. The van der Waals surface area contributed by atoms with Gasteiger partial charge < -0.3 is 4.57 Å². The third-order valence-electron chi connectivity index (χ3n) is 3.06. The molecule has 0 bridgehead atoms. The van der Waals surface area contributed by atoms with Crippen molar-refractivity contribution in [2.24, 2.45) is 7.05 Å². The lowest BCUT2D eigenvalue weighted by atomic mass is 9.87. The number of hydrogen-bond donors (Lipinski definition) is 0. The summed E-state index contributed by atoms with van der Waals surface area (Å²) in [7, 11) is 1.88. The predicted octanol–water partition coefficient (Wildman–Crippen LogP) is 3.07. The van der Waals surface area contributed by atoms with Crippen molar-refractivity contribution in [2.75, 3.05) is 0 Å². The molecular weight excluding hydrogens is 212 g/mol. The standard InChI is InChI=1S/C14H18N2O/c1-9(17)13-15-11-8-10(14(2,3)4)6-7-12(11)16(13)5/h6-8H,1-5H3. The summed E-state index contributed by atoms with van der Waals surface area (Å²) in [5.74, 6) is 0.520. The molecule has 0 atom stereocenters. The molecule has 1 aromatic carbocycles. The Hall–Kier alpha value is -1.64. The van der Waals surface area contributed by atoms with E-state index in [1.54, 1.807) is 6.92 Å². The molecule has 2 aromatic rings. The molecule has 0 aliphatic rings. The van der Waals surface area contributed by atoms with Gasteiger partial charge in [0.2, 0.25) is 0 Å². The van der Waals surface area contributed by atoms with Crippen LogP contribution in [0.1, 0.15) is 43.9 Å². The summed E-state index contributed by atoms with van der Waals surface area (Å²) in [6.45, 7) is 8.06. The molecule has 90 valence electrons. The van der Waals surface area contributed by atoms with Gasteiger partial charge in [0.05, 0.1) is 11.0 Å². The van der Waals surface area contributed by atoms with E-state index in [9.17, 15) is 4.79 Å². The molecule has 0 N–H and O–H groups in total. The SMILES string of the molecule is CC(=O)c1nc2cc(C(C)(C)C)ccc2n1C. The molecule has 3 heteroatoms. The smallest absolute Gasteiger partial charge is 0.195 e. The maximum absolute atomic E-state index is 11.4. The van der Waals surface area contributed by atoms with Crippen LogP contribution in [-0.2, 0) is 12.5 Å². The van der Waals surface area contributed by atoms with Gasteiger partial charge >= 0.3 is 0 Å². The van der Waals surface area contributed by atoms with Gasteiger partial charge in [0.25, 0.3) is 0 Å². The third kappa shape index (κ3) is 1.97. The van der Waals surface area contributed by atoms with Gasteiger partial charge in [-0.25, -0.2) is 4.98 Å². The number of carbonyl (C=O) groups is 1. The van der Waals surface area contributed by atoms with E-state index < -0.39 is 0 Å². The maximum atomic E-state index is 11.4. The van der Waals surface area contributed by atoms with Gasteiger partial charge in [-0.2, -0.15) is 0 Å². The first kappa shape index (κ1) is 11.8. The van der Waals surface area contributed by atoms with Crippen LogP contribution >= 0.6 is 0 Å². The summed E-state index contributed by atoms with van der Waals surface area (Å²) in [4.78, 5) is 15.8. The zero-order valence-corrected chi connectivity index (χ0v) is 11.0. The van der Waals surface area contributed by atoms with Crippen LogP contribution in [0.2, 0.25) is 0 Å². The number of aryl methyl sites for hydroxylation is 1. The van der Waals surface area contributed by atoms with Crippen molar-refractivity contribution in [3.63, 3.8) is 0 Å². The van der Waals surface area contributed by atoms with Crippen molar-refractivity contribution >= 4 is 16.8 Å². The molecule has 0 radical (unpaired) electrons. The Balaban J connectivity index is 2.68. The summed E-state index contributed by atoms with van der Waals surface area (Å²) in [6.07, 6.45) is 0. The molecule has 1 heterocycles. The lowest BCUT2D eigenvalue weighted by Gasteiger charge is -2.18. The molecule has 17 heavy (non-hydrogen) atoms. The number of benzene rings is 1. The summed E-state index contributed by atoms with van der Waals surface area (Å²) < 4.78 is 1.85. The van der Waals surface area contributed by atoms with Crippen molar-refractivity contribution in [2.45, 2.75) is 33.1 Å². The van der Waals surface area contributed by atoms with E-state index in [2.05, 4.69) is 37.9 Å². The van der Waals surface area contributed by atoms with Crippen LogP contribution in [-0.4, -0.2) is 15.3 Å². The fourth-order valence-electron chi connectivity index (χ4n) is 1.98. The molecule has 0 aliphatic carbocycles. The highest BCUT2D eigenvalue weighted by atomic mass is 16.1. The molecule has 0 unspecified atom stereocenters. The van der Waals surface area contributed by atoms with Crippen molar-refractivity contribution < 1.29 is 4.79 Å². The minimum atomic E-state index is 0.000934. The average Bonchev–Trinajstić information content (AvgIpc) is 2.54. The van der Waals surface area contributed by atoms with Crippen LogP contribution in [0.15, 0.2) is 18.2 Å². The van der Waals surface area contributed by atoms with Gasteiger partial charge in [-0.1, -0.05) is 26.8 Å². The number of hydrogen-bond acceptors (Lipinski definition) is 2. The topological polar surface area (TPSA) is 34.9 Å². The van der Waals surface area contributed by atoms with Gasteiger partial charge in [0.1, 0.15) is 0 Å². The molecule has 0 spiro atoms. The number of nitrogens with zero attached hydrogens (tertiary/aromatic N) is 2. The van der Waals surface area contributed by atoms with Gasteiger partial charge in [-0.05, 0) is 23.1 Å². The van der Waals surface area contributed by atoms with E-state index in [1.165, 1.54) is 5.56 Å². The van der Waals surface area contributed by atoms with Crippen molar-refractivity contribution in [1.82, 2.24) is 9.55 Å². The number of aromatic nitrogens is 2. The Kier molecular flexibility index (Phi) is 2.57. The van der Waals surface area contributed by atoms with Crippen molar-refractivity contribution in [1.29, 1.82) is 0 Å². The van der Waals surface area contributed by atoms with Crippen molar-refractivity contribution in [3.8, 4) is 0 Å². The van der Waals surface area contributed by atoms with Crippen molar-refractivity contribution in [3.05, 3.63) is 29.6 Å². The van der Waals surface area contributed by atoms with E-state index in [-0.39, 0.29) is 11.2 Å². The molecule has 0 fully saturated rings. The second kappa shape index (κ2) is 3.69. The van der Waals surface area contributed by atoms with Gasteiger partial charge in [0.15, 0.2) is 11.6 Å². The quantitative estimate of drug-likeness (QED) is 0.706. The predicted molar refractivity (Wildman–Crippen MR) is 69.4 cm³/mol. The van der Waals surface area contributed by atoms with Gasteiger partial charge in [-0.3, -0.25) is 4.79 Å². The van der Waals surface area contributed by atoms with E-state index in [1.807, 2.05) is 17.7 Å².